The van der Waals surface area contributed by atoms with Gasteiger partial charge in [0.1, 0.15) is 0 Å². The number of fused-ring (bicyclic) bond motifs is 2. The molecular formula is C10H13N5O2. The van der Waals surface area contributed by atoms with Crippen LogP contribution in [-0.4, -0.2) is 55.3 Å². The smallest absolute Gasteiger partial charge is 0.314 e. The number of aromatic nitrogens is 3. The predicted octanol–water partition coefficient (Wildman–Crippen LogP) is 0.190. The molecule has 0 radical (unpaired) electrons. The summed E-state index contributed by atoms with van der Waals surface area (Å²) in [5, 5.41) is 18.3. The van der Waals surface area contributed by atoms with Gasteiger partial charge in [0, 0.05) is 6.54 Å². The Morgan fingerprint density at radius 3 is 3.06 bits per heavy atom. The summed E-state index contributed by atoms with van der Waals surface area (Å²) in [6.07, 6.45) is 4.53. The van der Waals surface area contributed by atoms with Gasteiger partial charge in [-0.15, -0.1) is 5.10 Å². The van der Waals surface area contributed by atoms with E-state index in [4.69, 9.17) is 0 Å². The lowest BCUT2D eigenvalue weighted by molar-refractivity contribution is -0.0450. The number of hydrogen-bond donors (Lipinski definition) is 1. The zero-order chi connectivity index (χ0) is 12.0. The number of carbonyl (C=O) groups excluding carboxylic acids is 1. The molecule has 17 heavy (non-hydrogen) atoms. The Bertz CT molecular complexity index is 495. The van der Waals surface area contributed by atoms with E-state index in [9.17, 15) is 10.0 Å². The molecule has 7 heteroatoms. The molecule has 1 N–H and O–H groups in total. The van der Waals surface area contributed by atoms with Crippen LogP contribution in [0.2, 0.25) is 0 Å². The first-order chi connectivity index (χ1) is 8.19. The maximum Gasteiger partial charge on any atom is 0.344 e. The topological polar surface area (TPSA) is 74.5 Å². The van der Waals surface area contributed by atoms with Crippen LogP contribution in [0, 0.1) is 0 Å². The summed E-state index contributed by atoms with van der Waals surface area (Å²) in [5.41, 5.74) is 1.78. The standard InChI is InChI=1S/C10H13N5O2/c1-2-7-4-14(12-11-7)8-3-9-6-13(5-8)10(16)15(9)17/h3-4,9,17H,2,5-6H2,1H3. The van der Waals surface area contributed by atoms with Gasteiger partial charge in [-0.1, -0.05) is 12.1 Å². The summed E-state index contributed by atoms with van der Waals surface area (Å²) in [7, 11) is 0. The number of hydrogen-bond acceptors (Lipinski definition) is 4. The van der Waals surface area contributed by atoms with E-state index in [-0.39, 0.29) is 12.1 Å². The minimum absolute atomic E-state index is 0.277. The largest absolute Gasteiger partial charge is 0.344 e. The van der Waals surface area contributed by atoms with Crippen molar-refractivity contribution in [1.82, 2.24) is 25.0 Å². The van der Waals surface area contributed by atoms with E-state index >= 15 is 0 Å². The number of urea groups is 1. The second kappa shape index (κ2) is 3.56. The quantitative estimate of drug-likeness (QED) is 0.742. The highest BCUT2D eigenvalue weighted by Crippen LogP contribution is 2.24. The van der Waals surface area contributed by atoms with E-state index in [2.05, 4.69) is 10.3 Å². The predicted molar refractivity (Wildman–Crippen MR) is 58.1 cm³/mol. The van der Waals surface area contributed by atoms with Crippen LogP contribution in [-0.2, 0) is 6.42 Å². The molecule has 1 atom stereocenters. The zero-order valence-corrected chi connectivity index (χ0v) is 9.44. The number of rotatable bonds is 2. The summed E-state index contributed by atoms with van der Waals surface area (Å²) in [5.74, 6) is 0. The maximum atomic E-state index is 11.5. The van der Waals surface area contributed by atoms with Crippen LogP contribution < -0.4 is 0 Å². The molecule has 2 amide bonds. The van der Waals surface area contributed by atoms with Crippen LogP contribution in [0.25, 0.3) is 5.70 Å². The number of amides is 2. The molecule has 3 heterocycles. The fourth-order valence-corrected chi connectivity index (χ4v) is 2.14. The van der Waals surface area contributed by atoms with Crippen LogP contribution >= 0.6 is 0 Å². The van der Waals surface area contributed by atoms with Crippen molar-refractivity contribution in [2.75, 3.05) is 13.1 Å². The monoisotopic (exact) mass is 235 g/mol. The van der Waals surface area contributed by atoms with Gasteiger partial charge in [-0.05, 0) is 12.5 Å². The molecule has 2 aliphatic heterocycles. The van der Waals surface area contributed by atoms with Crippen molar-refractivity contribution in [1.29, 1.82) is 0 Å². The summed E-state index contributed by atoms with van der Waals surface area (Å²) in [6.45, 7) is 3.00. The minimum atomic E-state index is -0.350. The van der Waals surface area contributed by atoms with Crippen molar-refractivity contribution in [3.8, 4) is 0 Å². The van der Waals surface area contributed by atoms with Gasteiger partial charge in [-0.3, -0.25) is 5.21 Å². The molecule has 0 aliphatic carbocycles. The molecule has 7 nitrogen and oxygen atoms in total. The molecule has 2 bridgehead atoms. The fourth-order valence-electron chi connectivity index (χ4n) is 2.14. The Morgan fingerprint density at radius 2 is 2.41 bits per heavy atom. The van der Waals surface area contributed by atoms with Crippen LogP contribution in [0.5, 0.6) is 0 Å². The Kier molecular flexibility index (Phi) is 2.15. The van der Waals surface area contributed by atoms with Crippen LogP contribution in [0.3, 0.4) is 0 Å². The van der Waals surface area contributed by atoms with Gasteiger partial charge in [0.05, 0.1) is 30.2 Å². The molecular weight excluding hydrogens is 222 g/mol. The Hall–Kier alpha value is -1.89. The third kappa shape index (κ3) is 1.50. The molecule has 2 aliphatic rings. The zero-order valence-electron chi connectivity index (χ0n) is 9.44. The van der Waals surface area contributed by atoms with Crippen molar-refractivity contribution >= 4 is 11.7 Å². The maximum absolute atomic E-state index is 11.5. The molecule has 1 aromatic heterocycles. The van der Waals surface area contributed by atoms with Crippen LogP contribution in [0.15, 0.2) is 12.3 Å². The third-order valence-electron chi connectivity index (χ3n) is 3.12. The Balaban J connectivity index is 1.91. The Morgan fingerprint density at radius 1 is 1.59 bits per heavy atom. The van der Waals surface area contributed by atoms with Gasteiger partial charge in [-0.2, -0.15) is 5.06 Å². The molecule has 0 aromatic carbocycles. The van der Waals surface area contributed by atoms with Crippen molar-refractivity contribution in [3.63, 3.8) is 0 Å². The van der Waals surface area contributed by atoms with Crippen molar-refractivity contribution in [3.05, 3.63) is 18.0 Å². The highest BCUT2D eigenvalue weighted by atomic mass is 16.5. The van der Waals surface area contributed by atoms with Gasteiger partial charge >= 0.3 is 6.03 Å². The van der Waals surface area contributed by atoms with E-state index in [0.717, 1.165) is 22.9 Å². The summed E-state index contributed by atoms with van der Waals surface area (Å²) >= 11 is 0. The van der Waals surface area contributed by atoms with Crippen LogP contribution in [0.4, 0.5) is 4.79 Å². The molecule has 1 saturated heterocycles. The average molecular weight is 235 g/mol. The lowest BCUT2D eigenvalue weighted by Crippen LogP contribution is -2.31. The van der Waals surface area contributed by atoms with Crippen molar-refractivity contribution in [2.45, 2.75) is 19.4 Å². The van der Waals surface area contributed by atoms with E-state index < -0.39 is 0 Å². The summed E-state index contributed by atoms with van der Waals surface area (Å²) < 4.78 is 1.67. The SMILES string of the molecule is CCc1cn(C2=CC3CN(C2)C(=O)N3O)nn1. The third-order valence-corrected chi connectivity index (χ3v) is 3.12. The molecule has 90 valence electrons. The average Bonchev–Trinajstić information content (AvgIpc) is 2.91. The van der Waals surface area contributed by atoms with Crippen molar-refractivity contribution < 1.29 is 10.0 Å². The lowest BCUT2D eigenvalue weighted by atomic mass is 10.2. The molecule has 0 spiro atoms. The highest BCUT2D eigenvalue weighted by molar-refractivity contribution is 5.79. The van der Waals surface area contributed by atoms with Gasteiger partial charge in [0.15, 0.2) is 0 Å². The molecule has 3 rings (SSSR count). The van der Waals surface area contributed by atoms with E-state index in [0.29, 0.717) is 13.1 Å². The second-order valence-electron chi connectivity index (χ2n) is 4.24. The molecule has 1 unspecified atom stereocenters. The van der Waals surface area contributed by atoms with Crippen LogP contribution in [0.1, 0.15) is 12.6 Å². The first-order valence-electron chi connectivity index (χ1n) is 5.58. The fraction of sp³-hybridized carbons (Fsp3) is 0.500. The minimum Gasteiger partial charge on any atom is -0.314 e. The molecule has 1 aromatic rings. The number of nitrogens with zero attached hydrogens (tertiary/aromatic N) is 5. The molecule has 1 fully saturated rings. The number of hydroxylamine groups is 2. The highest BCUT2D eigenvalue weighted by Gasteiger charge is 2.39. The first kappa shape index (κ1) is 10.3. The van der Waals surface area contributed by atoms with E-state index in [1.165, 1.54) is 0 Å². The van der Waals surface area contributed by atoms with Gasteiger partial charge in [0.2, 0.25) is 0 Å². The van der Waals surface area contributed by atoms with Gasteiger partial charge in [0.25, 0.3) is 0 Å². The normalized spacial score (nSPS) is 23.3. The van der Waals surface area contributed by atoms with E-state index in [1.54, 1.807) is 9.58 Å². The summed E-state index contributed by atoms with van der Waals surface area (Å²) in [4.78, 5) is 13.1. The Labute approximate surface area is 97.9 Å². The first-order valence-corrected chi connectivity index (χ1v) is 5.58. The lowest BCUT2D eigenvalue weighted by Gasteiger charge is -2.20. The number of aryl methyl sites for hydroxylation is 1. The van der Waals surface area contributed by atoms with E-state index in [1.807, 2.05) is 19.2 Å². The van der Waals surface area contributed by atoms with Crippen molar-refractivity contribution in [2.24, 2.45) is 0 Å². The summed E-state index contributed by atoms with van der Waals surface area (Å²) in [6, 6.07) is -0.627. The second-order valence-corrected chi connectivity index (χ2v) is 4.24. The van der Waals surface area contributed by atoms with Gasteiger partial charge < -0.3 is 4.90 Å². The molecule has 0 saturated carbocycles. The van der Waals surface area contributed by atoms with Gasteiger partial charge in [-0.25, -0.2) is 9.48 Å². The number of carbonyl (C=O) groups is 1.